The molecule has 2 aliphatic heterocycles. The molecular weight excluding hydrogens is 450 g/mol. The molecular formula is C26H30ClN5O2. The Morgan fingerprint density at radius 3 is 2.29 bits per heavy atom. The van der Waals surface area contributed by atoms with E-state index >= 15 is 0 Å². The minimum Gasteiger partial charge on any atom is -0.340 e. The van der Waals surface area contributed by atoms with E-state index in [0.29, 0.717) is 29.2 Å². The van der Waals surface area contributed by atoms with Crippen LogP contribution in [-0.4, -0.2) is 70.0 Å². The van der Waals surface area contributed by atoms with Crippen molar-refractivity contribution in [3.05, 3.63) is 71.1 Å². The second kappa shape index (κ2) is 10.7. The van der Waals surface area contributed by atoms with Crippen molar-refractivity contribution in [1.82, 2.24) is 24.8 Å². The Kier molecular flexibility index (Phi) is 7.23. The van der Waals surface area contributed by atoms with Crippen molar-refractivity contribution in [2.75, 3.05) is 39.3 Å². The number of benzene rings is 2. The fourth-order valence-corrected chi connectivity index (χ4v) is 5.05. The summed E-state index contributed by atoms with van der Waals surface area (Å²) in [6.07, 6.45) is 1.74. The molecule has 1 aromatic heterocycles. The lowest BCUT2D eigenvalue weighted by atomic mass is 9.95. The Bertz CT molecular complexity index is 1090. The lowest BCUT2D eigenvalue weighted by molar-refractivity contribution is -0.139. The third kappa shape index (κ3) is 5.49. The van der Waals surface area contributed by atoms with E-state index in [1.54, 1.807) is 0 Å². The molecule has 3 heterocycles. The second-order valence-electron chi connectivity index (χ2n) is 9.13. The second-order valence-corrected chi connectivity index (χ2v) is 9.54. The molecule has 2 aromatic carbocycles. The number of amides is 1. The van der Waals surface area contributed by atoms with Crippen molar-refractivity contribution in [2.24, 2.45) is 5.92 Å². The third-order valence-corrected chi connectivity index (χ3v) is 7.14. The van der Waals surface area contributed by atoms with Crippen LogP contribution in [0.3, 0.4) is 0 Å². The van der Waals surface area contributed by atoms with Gasteiger partial charge in [0, 0.05) is 44.2 Å². The van der Waals surface area contributed by atoms with Crippen LogP contribution in [0.15, 0.2) is 59.1 Å². The van der Waals surface area contributed by atoms with Crippen molar-refractivity contribution in [1.29, 1.82) is 0 Å². The lowest BCUT2D eigenvalue weighted by Crippen LogP contribution is -2.51. The topological polar surface area (TPSA) is 65.7 Å². The van der Waals surface area contributed by atoms with Crippen molar-refractivity contribution in [3.63, 3.8) is 0 Å². The number of carbonyl (C=O) groups excluding carboxylic acids is 1. The summed E-state index contributed by atoms with van der Waals surface area (Å²) in [5.41, 5.74) is 2.10. The number of likely N-dealkylation sites (tertiary alicyclic amines) is 1. The molecule has 0 spiro atoms. The first kappa shape index (κ1) is 23.0. The number of hydrogen-bond donors (Lipinski definition) is 0. The van der Waals surface area contributed by atoms with Gasteiger partial charge in [0.25, 0.3) is 0 Å². The highest BCUT2D eigenvalue weighted by Crippen LogP contribution is 2.26. The van der Waals surface area contributed by atoms with Crippen molar-refractivity contribution < 1.29 is 9.32 Å². The van der Waals surface area contributed by atoms with E-state index in [9.17, 15) is 4.79 Å². The number of aromatic nitrogens is 2. The molecule has 0 N–H and O–H groups in total. The molecule has 0 unspecified atom stereocenters. The fourth-order valence-electron chi connectivity index (χ4n) is 4.83. The summed E-state index contributed by atoms with van der Waals surface area (Å²) in [5.74, 6) is 1.52. The lowest BCUT2D eigenvalue weighted by Gasteiger charge is -2.38. The van der Waals surface area contributed by atoms with E-state index in [1.807, 2.05) is 30.3 Å². The Labute approximate surface area is 205 Å². The molecule has 2 fully saturated rings. The Morgan fingerprint density at radius 2 is 1.56 bits per heavy atom. The molecule has 0 radical (unpaired) electrons. The third-order valence-electron chi connectivity index (χ3n) is 6.81. The molecule has 0 bridgehead atoms. The summed E-state index contributed by atoms with van der Waals surface area (Å²) >= 11 is 6.24. The van der Waals surface area contributed by atoms with Crippen LogP contribution in [-0.2, 0) is 17.9 Å². The summed E-state index contributed by atoms with van der Waals surface area (Å²) in [6.45, 7) is 6.76. The highest BCUT2D eigenvalue weighted by molar-refractivity contribution is 6.33. The summed E-state index contributed by atoms with van der Waals surface area (Å²) in [4.78, 5) is 24.4. The molecule has 2 aliphatic rings. The maximum atomic E-state index is 13.1. The zero-order chi connectivity index (χ0) is 23.3. The molecule has 2 saturated heterocycles. The molecule has 0 atom stereocenters. The van der Waals surface area contributed by atoms with Gasteiger partial charge in [0.15, 0.2) is 0 Å². The Balaban J connectivity index is 1.07. The predicted molar refractivity (Wildman–Crippen MR) is 131 cm³/mol. The van der Waals surface area contributed by atoms with Gasteiger partial charge >= 0.3 is 0 Å². The largest absolute Gasteiger partial charge is 0.340 e. The quantitative estimate of drug-likeness (QED) is 0.533. The van der Waals surface area contributed by atoms with Crippen LogP contribution in [0.1, 0.15) is 24.3 Å². The van der Waals surface area contributed by atoms with Gasteiger partial charge in [-0.2, -0.15) is 4.98 Å². The van der Waals surface area contributed by atoms with Gasteiger partial charge in [-0.3, -0.25) is 14.6 Å². The number of piperazine rings is 1. The normalized spacial score (nSPS) is 18.3. The number of carbonyl (C=O) groups is 1. The van der Waals surface area contributed by atoms with Crippen LogP contribution in [0.2, 0.25) is 5.02 Å². The first-order valence-electron chi connectivity index (χ1n) is 12.0. The summed E-state index contributed by atoms with van der Waals surface area (Å²) in [5, 5.41) is 4.69. The highest BCUT2D eigenvalue weighted by Gasteiger charge is 2.31. The number of piperidine rings is 1. The molecule has 5 rings (SSSR count). The summed E-state index contributed by atoms with van der Waals surface area (Å²) < 4.78 is 5.46. The fraction of sp³-hybridized carbons (Fsp3) is 0.423. The minimum absolute atomic E-state index is 0.110. The number of halogens is 1. The van der Waals surface area contributed by atoms with Crippen molar-refractivity contribution in [2.45, 2.75) is 25.9 Å². The minimum atomic E-state index is 0.110. The van der Waals surface area contributed by atoms with Crippen LogP contribution in [0.5, 0.6) is 0 Å². The standard InChI is InChI=1S/C26H30ClN5O2/c27-23-9-5-4-8-22(23)25-28-24(34-29-25)19-30-12-10-21(11-13-30)26(33)32-16-14-31(15-17-32)18-20-6-2-1-3-7-20/h1-9,21H,10-19H2. The average Bonchev–Trinajstić information content (AvgIpc) is 3.34. The number of nitrogens with zero attached hydrogens (tertiary/aromatic N) is 5. The smallest absolute Gasteiger partial charge is 0.241 e. The number of hydrogen-bond acceptors (Lipinski definition) is 6. The van der Waals surface area contributed by atoms with E-state index in [1.165, 1.54) is 5.56 Å². The SMILES string of the molecule is O=C(C1CCN(Cc2nc(-c3ccccc3Cl)no2)CC1)N1CCN(Cc2ccccc2)CC1. The van der Waals surface area contributed by atoms with Crippen molar-refractivity contribution in [3.8, 4) is 11.4 Å². The van der Waals surface area contributed by atoms with E-state index in [-0.39, 0.29) is 5.92 Å². The monoisotopic (exact) mass is 479 g/mol. The zero-order valence-electron chi connectivity index (χ0n) is 19.3. The van der Waals surface area contributed by atoms with Crippen LogP contribution in [0.4, 0.5) is 0 Å². The van der Waals surface area contributed by atoms with E-state index in [0.717, 1.165) is 64.2 Å². The van der Waals surface area contributed by atoms with E-state index < -0.39 is 0 Å². The summed E-state index contributed by atoms with van der Waals surface area (Å²) in [7, 11) is 0. The van der Waals surface area contributed by atoms with Gasteiger partial charge in [0.05, 0.1) is 11.6 Å². The maximum Gasteiger partial charge on any atom is 0.241 e. The first-order chi connectivity index (χ1) is 16.7. The maximum absolute atomic E-state index is 13.1. The van der Waals surface area contributed by atoms with Gasteiger partial charge < -0.3 is 9.42 Å². The highest BCUT2D eigenvalue weighted by atomic mass is 35.5. The predicted octanol–water partition coefficient (Wildman–Crippen LogP) is 3.95. The molecule has 0 aliphatic carbocycles. The Hall–Kier alpha value is -2.74. The van der Waals surface area contributed by atoms with Gasteiger partial charge in [-0.05, 0) is 43.6 Å². The molecule has 178 valence electrons. The van der Waals surface area contributed by atoms with Gasteiger partial charge in [-0.25, -0.2) is 0 Å². The average molecular weight is 480 g/mol. The van der Waals surface area contributed by atoms with E-state index in [4.69, 9.17) is 16.1 Å². The van der Waals surface area contributed by atoms with E-state index in [2.05, 4.69) is 49.1 Å². The molecule has 0 saturated carbocycles. The molecule has 7 nitrogen and oxygen atoms in total. The molecule has 34 heavy (non-hydrogen) atoms. The molecule has 8 heteroatoms. The first-order valence-corrected chi connectivity index (χ1v) is 12.4. The van der Waals surface area contributed by atoms with Gasteiger partial charge in [-0.15, -0.1) is 0 Å². The zero-order valence-corrected chi connectivity index (χ0v) is 20.0. The van der Waals surface area contributed by atoms with Crippen molar-refractivity contribution >= 4 is 17.5 Å². The van der Waals surface area contributed by atoms with Crippen LogP contribution in [0.25, 0.3) is 11.4 Å². The molecule has 3 aromatic rings. The van der Waals surface area contributed by atoms with Gasteiger partial charge in [0.2, 0.25) is 17.6 Å². The molecule has 1 amide bonds. The van der Waals surface area contributed by atoms with Crippen LogP contribution < -0.4 is 0 Å². The number of rotatable bonds is 6. The van der Waals surface area contributed by atoms with Gasteiger partial charge in [0.1, 0.15) is 0 Å². The Morgan fingerprint density at radius 1 is 0.882 bits per heavy atom. The van der Waals surface area contributed by atoms with Crippen LogP contribution in [0, 0.1) is 5.92 Å². The van der Waals surface area contributed by atoms with Crippen LogP contribution >= 0.6 is 11.6 Å². The summed E-state index contributed by atoms with van der Waals surface area (Å²) in [6, 6.07) is 18.0. The van der Waals surface area contributed by atoms with Gasteiger partial charge in [-0.1, -0.05) is 59.2 Å².